The lowest BCUT2D eigenvalue weighted by Crippen LogP contribution is -2.50. The number of aromatic nitrogens is 2. The van der Waals surface area contributed by atoms with E-state index in [2.05, 4.69) is 21.8 Å². The van der Waals surface area contributed by atoms with Crippen molar-refractivity contribution in [2.24, 2.45) is 11.8 Å². The molecule has 0 aromatic carbocycles. The molecule has 1 saturated heterocycles. The minimum Gasteiger partial charge on any atom is -0.352 e. The Kier molecular flexibility index (Phi) is 4.40. The van der Waals surface area contributed by atoms with Gasteiger partial charge in [0, 0.05) is 37.0 Å². The van der Waals surface area contributed by atoms with Gasteiger partial charge in [0.2, 0.25) is 5.91 Å². The quantitative estimate of drug-likeness (QED) is 0.828. The molecule has 1 aliphatic carbocycles. The summed E-state index contributed by atoms with van der Waals surface area (Å²) in [7, 11) is 0. The van der Waals surface area contributed by atoms with Crippen LogP contribution in [0.1, 0.15) is 37.6 Å². The number of hydrogen-bond acceptors (Lipinski definition) is 5. The van der Waals surface area contributed by atoms with Gasteiger partial charge in [-0.25, -0.2) is 9.97 Å². The molecule has 2 aromatic rings. The molecule has 1 amide bonds. The van der Waals surface area contributed by atoms with E-state index in [-0.39, 0.29) is 11.8 Å². The largest absolute Gasteiger partial charge is 0.352 e. The van der Waals surface area contributed by atoms with Crippen LogP contribution in [0, 0.1) is 11.8 Å². The number of aryl methyl sites for hydroxylation is 1. The maximum absolute atomic E-state index is 12.2. The van der Waals surface area contributed by atoms with Crippen LogP contribution >= 0.6 is 11.3 Å². The van der Waals surface area contributed by atoms with Crippen LogP contribution in [-0.4, -0.2) is 47.0 Å². The van der Waals surface area contributed by atoms with Crippen LogP contribution in [0.15, 0.2) is 6.33 Å². The first-order chi connectivity index (χ1) is 12.0. The van der Waals surface area contributed by atoms with Crippen LogP contribution < -0.4 is 4.90 Å². The number of nitrogens with zero attached hydrogens (tertiary/aromatic N) is 4. The number of amides is 1. The third kappa shape index (κ3) is 3.01. The third-order valence-corrected chi connectivity index (χ3v) is 6.62. The molecular weight excluding hydrogens is 332 g/mol. The average Bonchev–Trinajstić information content (AvgIpc) is 2.98. The second-order valence-electron chi connectivity index (χ2n) is 7.70. The Labute approximate surface area is 153 Å². The summed E-state index contributed by atoms with van der Waals surface area (Å²) in [6.45, 7) is 9.56. The highest BCUT2D eigenvalue weighted by Gasteiger charge is 2.28. The summed E-state index contributed by atoms with van der Waals surface area (Å²) >= 11 is 1.85. The van der Waals surface area contributed by atoms with Crippen LogP contribution in [0.5, 0.6) is 0 Å². The Bertz CT molecular complexity index is 792. The molecule has 1 aliphatic heterocycles. The Morgan fingerprint density at radius 3 is 2.72 bits per heavy atom. The van der Waals surface area contributed by atoms with Crippen molar-refractivity contribution < 1.29 is 4.79 Å². The van der Waals surface area contributed by atoms with E-state index in [1.165, 1.54) is 28.7 Å². The van der Waals surface area contributed by atoms with Gasteiger partial charge in [-0.3, -0.25) is 4.79 Å². The topological polar surface area (TPSA) is 49.3 Å². The number of carbonyl (C=O) groups is 1. The van der Waals surface area contributed by atoms with Gasteiger partial charge in [-0.05, 0) is 30.7 Å². The van der Waals surface area contributed by atoms with E-state index in [1.807, 2.05) is 30.1 Å². The van der Waals surface area contributed by atoms with E-state index in [0.717, 1.165) is 49.2 Å². The Morgan fingerprint density at radius 1 is 1.24 bits per heavy atom. The summed E-state index contributed by atoms with van der Waals surface area (Å²) in [6, 6.07) is 0. The fourth-order valence-electron chi connectivity index (χ4n) is 4.00. The predicted molar refractivity (Wildman–Crippen MR) is 102 cm³/mol. The number of thiophene rings is 1. The van der Waals surface area contributed by atoms with Crippen LogP contribution in [0.2, 0.25) is 0 Å². The molecule has 0 spiro atoms. The van der Waals surface area contributed by atoms with Crippen molar-refractivity contribution in [1.82, 2.24) is 14.9 Å². The summed E-state index contributed by atoms with van der Waals surface area (Å²) in [5.41, 5.74) is 1.48. The van der Waals surface area contributed by atoms with Crippen molar-refractivity contribution in [3.63, 3.8) is 0 Å². The van der Waals surface area contributed by atoms with E-state index < -0.39 is 0 Å². The summed E-state index contributed by atoms with van der Waals surface area (Å²) in [4.78, 5) is 28.4. The lowest BCUT2D eigenvalue weighted by molar-refractivity contribution is -0.134. The maximum atomic E-state index is 12.2. The molecule has 5 nitrogen and oxygen atoms in total. The minimum atomic E-state index is 0.0724. The van der Waals surface area contributed by atoms with Gasteiger partial charge < -0.3 is 9.80 Å². The zero-order valence-corrected chi connectivity index (χ0v) is 16.1. The van der Waals surface area contributed by atoms with E-state index in [0.29, 0.717) is 0 Å². The molecule has 3 heterocycles. The summed E-state index contributed by atoms with van der Waals surface area (Å²) < 4.78 is 0. The first kappa shape index (κ1) is 16.8. The van der Waals surface area contributed by atoms with E-state index >= 15 is 0 Å². The predicted octanol–water partition coefficient (Wildman–Crippen LogP) is 3.12. The smallest absolute Gasteiger partial charge is 0.225 e. The first-order valence-electron chi connectivity index (χ1n) is 9.33. The fraction of sp³-hybridized carbons (Fsp3) is 0.632. The Hall–Kier alpha value is -1.69. The summed E-state index contributed by atoms with van der Waals surface area (Å²) in [5.74, 6) is 2.17. The summed E-state index contributed by atoms with van der Waals surface area (Å²) in [6.07, 6.45) is 5.27. The number of piperazine rings is 1. The molecule has 6 heteroatoms. The molecule has 1 fully saturated rings. The van der Waals surface area contributed by atoms with Crippen LogP contribution in [-0.2, 0) is 17.6 Å². The van der Waals surface area contributed by atoms with Gasteiger partial charge in [-0.2, -0.15) is 0 Å². The van der Waals surface area contributed by atoms with Gasteiger partial charge in [-0.15, -0.1) is 11.3 Å². The lowest BCUT2D eigenvalue weighted by atomic mass is 9.89. The number of rotatable bonds is 2. The molecule has 0 radical (unpaired) electrons. The second-order valence-corrected chi connectivity index (χ2v) is 8.78. The number of carbonyl (C=O) groups excluding carboxylic acids is 1. The van der Waals surface area contributed by atoms with Gasteiger partial charge in [-0.1, -0.05) is 20.8 Å². The molecule has 4 rings (SSSR count). The van der Waals surface area contributed by atoms with Crippen LogP contribution in [0.4, 0.5) is 5.82 Å². The van der Waals surface area contributed by atoms with Gasteiger partial charge in [0.25, 0.3) is 0 Å². The standard InChI is InChI=1S/C19H26N4OS/c1-12(2)19(24)23-8-6-22(7-9-23)17-16-14-5-4-13(3)10-15(14)25-18(16)21-11-20-17/h11-13H,4-10H2,1-3H3/t13-/m1/s1. The molecule has 2 aliphatic rings. The third-order valence-electron chi connectivity index (χ3n) is 5.46. The van der Waals surface area contributed by atoms with Crippen molar-refractivity contribution in [2.45, 2.75) is 40.0 Å². The number of fused-ring (bicyclic) bond motifs is 3. The highest BCUT2D eigenvalue weighted by atomic mass is 32.1. The van der Waals surface area contributed by atoms with E-state index in [9.17, 15) is 4.79 Å². The van der Waals surface area contributed by atoms with Gasteiger partial charge >= 0.3 is 0 Å². The molecule has 0 saturated carbocycles. The molecule has 1 atom stereocenters. The lowest BCUT2D eigenvalue weighted by Gasteiger charge is -2.36. The number of hydrogen-bond donors (Lipinski definition) is 0. The Morgan fingerprint density at radius 2 is 2.00 bits per heavy atom. The zero-order chi connectivity index (χ0) is 17.6. The SMILES string of the molecule is CC(C)C(=O)N1CCN(c2ncnc3sc4c(c23)CC[C@@H](C)C4)CC1. The van der Waals surface area contributed by atoms with Gasteiger partial charge in [0.1, 0.15) is 17.0 Å². The molecule has 0 N–H and O–H groups in total. The van der Waals surface area contributed by atoms with Crippen molar-refractivity contribution in [2.75, 3.05) is 31.1 Å². The maximum Gasteiger partial charge on any atom is 0.225 e. The van der Waals surface area contributed by atoms with Gasteiger partial charge in [0.15, 0.2) is 0 Å². The average molecular weight is 359 g/mol. The fourth-order valence-corrected chi connectivity index (χ4v) is 5.35. The normalized spacial score (nSPS) is 21.0. The van der Waals surface area contributed by atoms with Crippen molar-refractivity contribution in [3.8, 4) is 0 Å². The molecular formula is C19H26N4OS. The van der Waals surface area contributed by atoms with E-state index in [1.54, 1.807) is 6.33 Å². The molecule has 0 bridgehead atoms. The van der Waals surface area contributed by atoms with Crippen LogP contribution in [0.3, 0.4) is 0 Å². The molecule has 25 heavy (non-hydrogen) atoms. The van der Waals surface area contributed by atoms with Crippen molar-refractivity contribution in [1.29, 1.82) is 0 Å². The number of anilines is 1. The van der Waals surface area contributed by atoms with Crippen molar-refractivity contribution >= 4 is 33.3 Å². The second kappa shape index (κ2) is 6.56. The monoisotopic (exact) mass is 358 g/mol. The molecule has 2 aromatic heterocycles. The molecule has 134 valence electrons. The highest BCUT2D eigenvalue weighted by Crippen LogP contribution is 2.40. The first-order valence-corrected chi connectivity index (χ1v) is 10.1. The van der Waals surface area contributed by atoms with E-state index in [4.69, 9.17) is 0 Å². The van der Waals surface area contributed by atoms with Crippen LogP contribution in [0.25, 0.3) is 10.2 Å². The zero-order valence-electron chi connectivity index (χ0n) is 15.3. The summed E-state index contributed by atoms with van der Waals surface area (Å²) in [5, 5.41) is 1.28. The Balaban J connectivity index is 1.61. The van der Waals surface area contributed by atoms with Crippen molar-refractivity contribution in [3.05, 3.63) is 16.8 Å². The van der Waals surface area contributed by atoms with Gasteiger partial charge in [0.05, 0.1) is 5.39 Å². The minimum absolute atomic E-state index is 0.0724. The highest BCUT2D eigenvalue weighted by molar-refractivity contribution is 7.19. The molecule has 0 unspecified atom stereocenters.